The first-order chi connectivity index (χ1) is 13.6. The normalized spacial score (nSPS) is 25.3. The molecule has 0 radical (unpaired) electrons. The van der Waals surface area contributed by atoms with Crippen LogP contribution in [0.3, 0.4) is 0 Å². The van der Waals surface area contributed by atoms with Crippen molar-refractivity contribution >= 4 is 17.7 Å². The number of ether oxygens (including phenoxy) is 1. The number of aromatic nitrogens is 4. The minimum absolute atomic E-state index is 0.0341. The Kier molecular flexibility index (Phi) is 4.21. The summed E-state index contributed by atoms with van der Waals surface area (Å²) in [6.45, 7) is 2.05. The van der Waals surface area contributed by atoms with Gasteiger partial charge >= 0.3 is 6.09 Å². The number of nitrogens with one attached hydrogen (secondary N) is 3. The molecule has 8 nitrogen and oxygen atoms in total. The molecule has 3 N–H and O–H groups in total. The minimum atomic E-state index is -0.285. The molecule has 3 aliphatic carbocycles. The molecule has 2 aromatic heterocycles. The first-order valence-corrected chi connectivity index (χ1v) is 10.2. The summed E-state index contributed by atoms with van der Waals surface area (Å²) in [5.41, 5.74) is 2.07. The average molecular weight is 382 g/mol. The molecule has 0 spiro atoms. The van der Waals surface area contributed by atoms with Crippen LogP contribution in [0.5, 0.6) is 0 Å². The van der Waals surface area contributed by atoms with Crippen LogP contribution >= 0.6 is 0 Å². The quantitative estimate of drug-likeness (QED) is 0.703. The second-order valence-electron chi connectivity index (χ2n) is 8.66. The van der Waals surface area contributed by atoms with Crippen LogP contribution in [0.4, 0.5) is 16.4 Å². The molecule has 2 aromatic rings. The van der Waals surface area contributed by atoms with Crippen molar-refractivity contribution in [2.75, 3.05) is 5.32 Å². The summed E-state index contributed by atoms with van der Waals surface area (Å²) in [4.78, 5) is 20.9. The molecule has 3 aliphatic rings. The number of hydrogen-bond acceptors (Lipinski definition) is 6. The first-order valence-electron chi connectivity index (χ1n) is 10.2. The van der Waals surface area contributed by atoms with Crippen molar-refractivity contribution in [1.82, 2.24) is 25.5 Å². The van der Waals surface area contributed by atoms with Gasteiger partial charge in [-0.1, -0.05) is 0 Å². The van der Waals surface area contributed by atoms with Crippen molar-refractivity contribution in [1.29, 1.82) is 0 Å². The zero-order valence-corrected chi connectivity index (χ0v) is 16.1. The highest BCUT2D eigenvalue weighted by Crippen LogP contribution is 2.39. The van der Waals surface area contributed by atoms with E-state index >= 15 is 0 Å². The molecule has 1 amide bonds. The highest BCUT2D eigenvalue weighted by molar-refractivity contribution is 5.69. The molecule has 3 fully saturated rings. The predicted molar refractivity (Wildman–Crippen MR) is 104 cm³/mol. The molecule has 148 valence electrons. The van der Waals surface area contributed by atoms with Crippen LogP contribution in [0.15, 0.2) is 18.5 Å². The number of anilines is 2. The zero-order chi connectivity index (χ0) is 19.1. The fourth-order valence-electron chi connectivity index (χ4n) is 3.83. The van der Waals surface area contributed by atoms with Gasteiger partial charge in [-0.2, -0.15) is 5.10 Å². The number of hydrogen-bond donors (Lipinski definition) is 3. The Morgan fingerprint density at radius 1 is 1.18 bits per heavy atom. The Labute approximate surface area is 163 Å². The van der Waals surface area contributed by atoms with Gasteiger partial charge < -0.3 is 15.4 Å². The van der Waals surface area contributed by atoms with Gasteiger partial charge in [-0.15, -0.1) is 0 Å². The van der Waals surface area contributed by atoms with E-state index in [0.29, 0.717) is 11.8 Å². The lowest BCUT2D eigenvalue weighted by molar-refractivity contribution is 0.0967. The Bertz CT molecular complexity index is 873. The van der Waals surface area contributed by atoms with Crippen LogP contribution in [0.1, 0.15) is 75.1 Å². The number of nitrogens with zero attached hydrogens (tertiary/aromatic N) is 3. The van der Waals surface area contributed by atoms with E-state index in [4.69, 9.17) is 4.74 Å². The van der Waals surface area contributed by atoms with Crippen LogP contribution in [-0.2, 0) is 4.74 Å². The van der Waals surface area contributed by atoms with E-state index in [1.165, 1.54) is 12.8 Å². The van der Waals surface area contributed by atoms with Gasteiger partial charge in [0, 0.05) is 35.3 Å². The van der Waals surface area contributed by atoms with E-state index in [1.54, 1.807) is 6.20 Å². The second-order valence-corrected chi connectivity index (χ2v) is 8.66. The monoisotopic (exact) mass is 382 g/mol. The molecule has 0 aromatic carbocycles. The standard InChI is InChI=1S/C20H26N6O2/c1-20(6-7-20)24-19(27)28-14-5-4-13(8-14)15-9-17(26-25-15)23-18-11-21-10-16(22-18)12-2-3-12/h9-14H,2-8H2,1H3,(H,24,27)(H2,22,23,25,26)/t13-,14+/m0/s1. The van der Waals surface area contributed by atoms with E-state index in [9.17, 15) is 4.79 Å². The van der Waals surface area contributed by atoms with Crippen molar-refractivity contribution in [2.24, 2.45) is 0 Å². The number of carbonyl (C=O) groups is 1. The van der Waals surface area contributed by atoms with Gasteiger partial charge in [0.25, 0.3) is 0 Å². The second kappa shape index (κ2) is 6.76. The highest BCUT2D eigenvalue weighted by Gasteiger charge is 2.40. The molecule has 8 heteroatoms. The number of amides is 1. The predicted octanol–water partition coefficient (Wildman–Crippen LogP) is 3.74. The molecule has 0 aliphatic heterocycles. The molecule has 28 heavy (non-hydrogen) atoms. The van der Waals surface area contributed by atoms with E-state index in [1.807, 2.05) is 12.3 Å². The average Bonchev–Trinajstić information content (AvgIpc) is 3.54. The lowest BCUT2D eigenvalue weighted by Gasteiger charge is -2.16. The first kappa shape index (κ1) is 17.5. The van der Waals surface area contributed by atoms with Gasteiger partial charge in [-0.25, -0.2) is 9.78 Å². The van der Waals surface area contributed by atoms with Crippen LogP contribution in [0.2, 0.25) is 0 Å². The number of H-pyrrole nitrogens is 1. The fourth-order valence-corrected chi connectivity index (χ4v) is 3.83. The van der Waals surface area contributed by atoms with Crippen molar-refractivity contribution in [2.45, 2.75) is 75.3 Å². The van der Waals surface area contributed by atoms with E-state index < -0.39 is 0 Å². The Balaban J connectivity index is 1.16. The smallest absolute Gasteiger partial charge is 0.407 e. The summed E-state index contributed by atoms with van der Waals surface area (Å²) >= 11 is 0. The van der Waals surface area contributed by atoms with E-state index in [-0.39, 0.29) is 17.7 Å². The molecule has 0 bridgehead atoms. The third-order valence-electron chi connectivity index (χ3n) is 6.00. The van der Waals surface area contributed by atoms with E-state index in [2.05, 4.69) is 37.7 Å². The van der Waals surface area contributed by atoms with E-state index in [0.717, 1.165) is 55.1 Å². The molecule has 5 rings (SSSR count). The highest BCUT2D eigenvalue weighted by atomic mass is 16.6. The maximum absolute atomic E-state index is 12.0. The SMILES string of the molecule is CC1(NC(=O)O[C@@H]2CC[C@H](c3cc(Nc4cncc(C5CC5)n4)n[nH]3)C2)CC1. The van der Waals surface area contributed by atoms with Gasteiger partial charge in [0.1, 0.15) is 11.9 Å². The summed E-state index contributed by atoms with van der Waals surface area (Å²) < 4.78 is 5.60. The number of rotatable bonds is 6. The third kappa shape index (κ3) is 3.95. The molecule has 3 saturated carbocycles. The largest absolute Gasteiger partial charge is 0.446 e. The summed E-state index contributed by atoms with van der Waals surface area (Å²) in [6, 6.07) is 2.02. The fraction of sp³-hybridized carbons (Fsp3) is 0.600. The number of aromatic amines is 1. The zero-order valence-electron chi connectivity index (χ0n) is 16.1. The minimum Gasteiger partial charge on any atom is -0.446 e. The lowest BCUT2D eigenvalue weighted by Crippen LogP contribution is -2.36. The summed E-state index contributed by atoms with van der Waals surface area (Å²) in [5.74, 6) is 2.35. The van der Waals surface area contributed by atoms with Crippen LogP contribution in [0, 0.1) is 0 Å². The topological polar surface area (TPSA) is 105 Å². The number of alkyl carbamates (subject to hydrolysis) is 1. The van der Waals surface area contributed by atoms with Gasteiger partial charge in [0.2, 0.25) is 0 Å². The Hall–Kier alpha value is -2.64. The van der Waals surface area contributed by atoms with Crippen LogP contribution < -0.4 is 10.6 Å². The Morgan fingerprint density at radius 2 is 2.00 bits per heavy atom. The van der Waals surface area contributed by atoms with Crippen molar-refractivity contribution in [3.05, 3.63) is 29.8 Å². The number of carbonyl (C=O) groups excluding carboxylic acids is 1. The maximum atomic E-state index is 12.0. The van der Waals surface area contributed by atoms with Gasteiger partial charge in [-0.3, -0.25) is 10.1 Å². The van der Waals surface area contributed by atoms with Crippen molar-refractivity contribution in [3.8, 4) is 0 Å². The lowest BCUT2D eigenvalue weighted by atomic mass is 10.0. The molecular weight excluding hydrogens is 356 g/mol. The summed E-state index contributed by atoms with van der Waals surface area (Å²) in [5, 5.41) is 13.7. The summed E-state index contributed by atoms with van der Waals surface area (Å²) in [7, 11) is 0. The molecular formula is C20H26N6O2. The molecule has 2 atom stereocenters. The molecule has 2 heterocycles. The Morgan fingerprint density at radius 3 is 2.79 bits per heavy atom. The van der Waals surface area contributed by atoms with Gasteiger partial charge in [0.05, 0.1) is 11.9 Å². The van der Waals surface area contributed by atoms with Crippen molar-refractivity contribution in [3.63, 3.8) is 0 Å². The maximum Gasteiger partial charge on any atom is 0.407 e. The summed E-state index contributed by atoms with van der Waals surface area (Å²) in [6.07, 6.45) is 10.4. The molecule has 0 unspecified atom stereocenters. The van der Waals surface area contributed by atoms with Crippen LogP contribution in [0.25, 0.3) is 0 Å². The molecule has 0 saturated heterocycles. The van der Waals surface area contributed by atoms with Crippen LogP contribution in [-0.4, -0.2) is 37.9 Å². The van der Waals surface area contributed by atoms with Gasteiger partial charge in [0.15, 0.2) is 5.82 Å². The third-order valence-corrected chi connectivity index (χ3v) is 6.00. The van der Waals surface area contributed by atoms with Crippen molar-refractivity contribution < 1.29 is 9.53 Å². The van der Waals surface area contributed by atoms with Gasteiger partial charge in [-0.05, 0) is 51.9 Å².